The third kappa shape index (κ3) is 4.04. The minimum atomic E-state index is 0.939. The van der Waals surface area contributed by atoms with Crippen molar-refractivity contribution in [1.82, 2.24) is 5.32 Å². The molecule has 0 saturated carbocycles. The van der Waals surface area contributed by atoms with Gasteiger partial charge in [0.25, 0.3) is 0 Å². The Morgan fingerprint density at radius 2 is 1.94 bits per heavy atom. The molecular formula is C13H19NS2. The molecule has 0 aliphatic carbocycles. The van der Waals surface area contributed by atoms with Crippen LogP contribution in [0, 0.1) is 12.8 Å². The summed E-state index contributed by atoms with van der Waals surface area (Å²) in [6, 6.07) is 8.83. The third-order valence-corrected chi connectivity index (χ3v) is 5.21. The molecule has 88 valence electrons. The number of benzene rings is 1. The fourth-order valence-electron chi connectivity index (χ4n) is 1.57. The summed E-state index contributed by atoms with van der Waals surface area (Å²) in [7, 11) is 0. The van der Waals surface area contributed by atoms with Gasteiger partial charge in [-0.25, -0.2) is 0 Å². The van der Waals surface area contributed by atoms with Gasteiger partial charge in [-0.05, 0) is 43.8 Å². The van der Waals surface area contributed by atoms with Gasteiger partial charge in [0.2, 0.25) is 0 Å². The maximum atomic E-state index is 3.31. The summed E-state index contributed by atoms with van der Waals surface area (Å²) in [6.45, 7) is 4.60. The van der Waals surface area contributed by atoms with Crippen LogP contribution in [0.4, 0.5) is 0 Å². The minimum absolute atomic E-state index is 0.939. The molecule has 0 spiro atoms. The lowest BCUT2D eigenvalue weighted by atomic mass is 10.1. The highest BCUT2D eigenvalue weighted by atomic mass is 32.2. The van der Waals surface area contributed by atoms with Crippen molar-refractivity contribution in [1.29, 1.82) is 0 Å². The Hall–Kier alpha value is -0.120. The van der Waals surface area contributed by atoms with E-state index in [0.717, 1.165) is 5.92 Å². The van der Waals surface area contributed by atoms with Gasteiger partial charge in [0.05, 0.1) is 0 Å². The fourth-order valence-corrected chi connectivity index (χ4v) is 3.67. The Morgan fingerprint density at radius 3 is 2.56 bits per heavy atom. The molecule has 1 aliphatic heterocycles. The first-order chi connectivity index (χ1) is 7.84. The van der Waals surface area contributed by atoms with E-state index in [1.807, 2.05) is 11.8 Å². The predicted molar refractivity (Wildman–Crippen MR) is 75.6 cm³/mol. The molecule has 0 unspecified atom stereocenters. The molecule has 2 rings (SSSR count). The largest absolute Gasteiger partial charge is 0.316 e. The lowest BCUT2D eigenvalue weighted by Gasteiger charge is -2.26. The van der Waals surface area contributed by atoms with Crippen molar-refractivity contribution >= 4 is 23.5 Å². The number of hydrogen-bond donors (Lipinski definition) is 1. The molecule has 1 fully saturated rings. The van der Waals surface area contributed by atoms with E-state index in [1.54, 1.807) is 0 Å². The molecular weight excluding hydrogens is 234 g/mol. The lowest BCUT2D eigenvalue weighted by molar-refractivity contribution is 0.385. The number of nitrogens with one attached hydrogen (secondary N) is 1. The molecule has 3 heteroatoms. The van der Waals surface area contributed by atoms with Crippen molar-refractivity contribution in [2.45, 2.75) is 11.8 Å². The van der Waals surface area contributed by atoms with Crippen LogP contribution in [-0.2, 0) is 0 Å². The topological polar surface area (TPSA) is 12.0 Å². The molecule has 16 heavy (non-hydrogen) atoms. The van der Waals surface area contributed by atoms with Crippen molar-refractivity contribution in [3.8, 4) is 0 Å². The van der Waals surface area contributed by atoms with Gasteiger partial charge >= 0.3 is 0 Å². The molecule has 0 aromatic heterocycles. The summed E-state index contributed by atoms with van der Waals surface area (Å²) in [6.07, 6.45) is 0. The zero-order valence-corrected chi connectivity index (χ0v) is 11.4. The van der Waals surface area contributed by atoms with E-state index in [0.29, 0.717) is 0 Å². The normalized spacial score (nSPS) is 16.1. The maximum Gasteiger partial charge on any atom is 0.00724 e. The number of hydrogen-bond acceptors (Lipinski definition) is 3. The van der Waals surface area contributed by atoms with Gasteiger partial charge in [0, 0.05) is 16.4 Å². The van der Waals surface area contributed by atoms with Crippen LogP contribution >= 0.6 is 23.5 Å². The fraction of sp³-hybridized carbons (Fsp3) is 0.538. The highest BCUT2D eigenvalue weighted by Gasteiger charge is 2.15. The van der Waals surface area contributed by atoms with E-state index in [9.17, 15) is 0 Å². The average molecular weight is 253 g/mol. The van der Waals surface area contributed by atoms with Crippen LogP contribution in [-0.4, -0.2) is 30.3 Å². The molecule has 1 aromatic carbocycles. The van der Waals surface area contributed by atoms with Crippen molar-refractivity contribution in [2.75, 3.05) is 30.3 Å². The van der Waals surface area contributed by atoms with E-state index in [4.69, 9.17) is 0 Å². The summed E-state index contributed by atoms with van der Waals surface area (Å²) >= 11 is 4.07. The Balaban J connectivity index is 1.55. The van der Waals surface area contributed by atoms with Crippen LogP contribution in [0.2, 0.25) is 0 Å². The van der Waals surface area contributed by atoms with Gasteiger partial charge in [-0.15, -0.1) is 11.8 Å². The quantitative estimate of drug-likeness (QED) is 0.618. The molecule has 0 radical (unpaired) electrons. The highest BCUT2D eigenvalue weighted by Crippen LogP contribution is 2.20. The summed E-state index contributed by atoms with van der Waals surface area (Å²) in [5, 5.41) is 3.31. The Morgan fingerprint density at radius 1 is 1.19 bits per heavy atom. The zero-order chi connectivity index (χ0) is 11.2. The SMILES string of the molecule is Cc1ccc(SCCSCC2CNC2)cc1. The van der Waals surface area contributed by atoms with E-state index < -0.39 is 0 Å². The monoisotopic (exact) mass is 253 g/mol. The Bertz CT molecular complexity index is 306. The second-order valence-electron chi connectivity index (χ2n) is 4.26. The molecule has 1 saturated heterocycles. The van der Waals surface area contributed by atoms with Crippen LogP contribution in [0.5, 0.6) is 0 Å². The van der Waals surface area contributed by atoms with Crippen molar-refractivity contribution in [3.05, 3.63) is 29.8 Å². The van der Waals surface area contributed by atoms with Gasteiger partial charge < -0.3 is 5.32 Å². The third-order valence-electron chi connectivity index (χ3n) is 2.74. The van der Waals surface area contributed by atoms with Gasteiger partial charge in [-0.2, -0.15) is 11.8 Å². The minimum Gasteiger partial charge on any atom is -0.316 e. The van der Waals surface area contributed by atoms with E-state index in [-0.39, 0.29) is 0 Å². The molecule has 0 atom stereocenters. The summed E-state index contributed by atoms with van der Waals surface area (Å²) in [5.41, 5.74) is 1.34. The zero-order valence-electron chi connectivity index (χ0n) is 9.74. The molecule has 1 aromatic rings. The molecule has 0 amide bonds. The average Bonchev–Trinajstić information content (AvgIpc) is 2.23. The summed E-state index contributed by atoms with van der Waals surface area (Å²) in [5.74, 6) is 4.78. The van der Waals surface area contributed by atoms with E-state index in [2.05, 4.69) is 48.3 Å². The van der Waals surface area contributed by atoms with Gasteiger partial charge in [0.1, 0.15) is 0 Å². The molecule has 0 bridgehead atoms. The van der Waals surface area contributed by atoms with E-state index in [1.165, 1.54) is 40.8 Å². The van der Waals surface area contributed by atoms with Crippen LogP contribution in [0.15, 0.2) is 29.2 Å². The second kappa shape index (κ2) is 6.58. The van der Waals surface area contributed by atoms with Crippen molar-refractivity contribution in [2.24, 2.45) is 5.92 Å². The van der Waals surface area contributed by atoms with Crippen LogP contribution in [0.1, 0.15) is 5.56 Å². The van der Waals surface area contributed by atoms with Gasteiger partial charge in [0.15, 0.2) is 0 Å². The molecule has 1 heterocycles. The van der Waals surface area contributed by atoms with E-state index >= 15 is 0 Å². The van der Waals surface area contributed by atoms with Crippen LogP contribution < -0.4 is 5.32 Å². The van der Waals surface area contributed by atoms with Crippen LogP contribution in [0.25, 0.3) is 0 Å². The maximum absolute atomic E-state index is 3.31. The van der Waals surface area contributed by atoms with Gasteiger partial charge in [-0.1, -0.05) is 17.7 Å². The second-order valence-corrected chi connectivity index (χ2v) is 6.58. The van der Waals surface area contributed by atoms with Crippen molar-refractivity contribution < 1.29 is 0 Å². The smallest absolute Gasteiger partial charge is 0.00724 e. The number of thioether (sulfide) groups is 2. The first-order valence-corrected chi connectivity index (χ1v) is 7.96. The standard InChI is InChI=1S/C13H19NS2/c1-11-2-4-13(5-3-11)16-7-6-15-10-12-8-14-9-12/h2-5,12,14H,6-10H2,1H3. The van der Waals surface area contributed by atoms with Gasteiger partial charge in [-0.3, -0.25) is 0 Å². The Kier molecular flexibility index (Phi) is 5.07. The van der Waals surface area contributed by atoms with Crippen molar-refractivity contribution in [3.63, 3.8) is 0 Å². The summed E-state index contributed by atoms with van der Waals surface area (Å²) < 4.78 is 0. The molecule has 1 nitrogen and oxygen atoms in total. The molecule has 1 N–H and O–H groups in total. The Labute approximate surface area is 107 Å². The first kappa shape index (κ1) is 12.3. The highest BCUT2D eigenvalue weighted by molar-refractivity contribution is 8.02. The van der Waals surface area contributed by atoms with Crippen LogP contribution in [0.3, 0.4) is 0 Å². The first-order valence-electron chi connectivity index (χ1n) is 5.82. The molecule has 1 aliphatic rings. The lowest BCUT2D eigenvalue weighted by Crippen LogP contribution is -2.43. The predicted octanol–water partition coefficient (Wildman–Crippen LogP) is 3.04. The summed E-state index contributed by atoms with van der Waals surface area (Å²) in [4.78, 5) is 1.40. The number of rotatable bonds is 6. The number of aryl methyl sites for hydroxylation is 1.